The van der Waals surface area contributed by atoms with Gasteiger partial charge in [-0.05, 0) is 61.7 Å². The highest BCUT2D eigenvalue weighted by atomic mass is 16.5. The van der Waals surface area contributed by atoms with Gasteiger partial charge in [0.25, 0.3) is 0 Å². The summed E-state index contributed by atoms with van der Waals surface area (Å²) in [4.78, 5) is 6.56. The van der Waals surface area contributed by atoms with Crippen molar-refractivity contribution >= 4 is 10.9 Å². The van der Waals surface area contributed by atoms with E-state index in [2.05, 4.69) is 65.3 Å². The molecular formula is C26H32N2O. The van der Waals surface area contributed by atoms with Crippen LogP contribution in [0.25, 0.3) is 10.9 Å². The fourth-order valence-corrected chi connectivity index (χ4v) is 5.90. The molecule has 0 unspecified atom stereocenters. The number of unbranched alkanes of at least 4 members (excludes halogenated alkanes) is 2. The summed E-state index contributed by atoms with van der Waals surface area (Å²) in [5.41, 5.74) is 5.77. The zero-order valence-corrected chi connectivity index (χ0v) is 17.7. The van der Waals surface area contributed by atoms with E-state index in [0.717, 1.165) is 12.2 Å². The number of nitrogens with zero attached hydrogens (tertiary/aromatic N) is 1. The van der Waals surface area contributed by atoms with Crippen LogP contribution in [-0.2, 0) is 11.8 Å². The Bertz CT molecular complexity index is 1010. The second-order valence-corrected chi connectivity index (χ2v) is 8.89. The van der Waals surface area contributed by atoms with Crippen molar-refractivity contribution in [3.63, 3.8) is 0 Å². The van der Waals surface area contributed by atoms with Gasteiger partial charge in [-0.25, -0.2) is 0 Å². The molecular weight excluding hydrogens is 356 g/mol. The third-order valence-corrected chi connectivity index (χ3v) is 7.30. The van der Waals surface area contributed by atoms with Gasteiger partial charge < -0.3 is 9.72 Å². The van der Waals surface area contributed by atoms with E-state index in [9.17, 15) is 0 Å². The Balaban J connectivity index is 1.63. The van der Waals surface area contributed by atoms with Gasteiger partial charge in [-0.1, -0.05) is 50.1 Å². The van der Waals surface area contributed by atoms with E-state index in [0.29, 0.717) is 6.04 Å². The summed E-state index contributed by atoms with van der Waals surface area (Å²) < 4.78 is 5.61. The van der Waals surface area contributed by atoms with Crippen LogP contribution in [0.2, 0.25) is 0 Å². The van der Waals surface area contributed by atoms with E-state index >= 15 is 0 Å². The molecule has 5 rings (SSSR count). The maximum atomic E-state index is 5.61. The highest BCUT2D eigenvalue weighted by Crippen LogP contribution is 2.52. The number of fused-ring (bicyclic) bond motifs is 6. The Morgan fingerprint density at radius 3 is 2.90 bits per heavy atom. The molecule has 2 aromatic carbocycles. The molecule has 0 amide bonds. The minimum atomic E-state index is 0.0770. The minimum Gasteiger partial charge on any atom is -0.497 e. The number of likely N-dealkylation sites (tertiary alicyclic amines) is 1. The van der Waals surface area contributed by atoms with Crippen LogP contribution in [0, 0.1) is 0 Å². The summed E-state index contributed by atoms with van der Waals surface area (Å²) in [6.45, 7) is 4.72. The second-order valence-electron chi connectivity index (χ2n) is 8.89. The molecule has 1 aromatic heterocycles. The number of benzene rings is 2. The zero-order chi connectivity index (χ0) is 19.8. The highest BCUT2D eigenvalue weighted by molar-refractivity contribution is 5.87. The number of H-pyrrole nitrogens is 1. The molecule has 1 N–H and O–H groups in total. The number of nitrogens with one attached hydrogen (secondary N) is 1. The lowest BCUT2D eigenvalue weighted by Gasteiger charge is -2.51. The Morgan fingerprint density at radius 2 is 2.03 bits per heavy atom. The second kappa shape index (κ2) is 7.53. The smallest absolute Gasteiger partial charge is 0.119 e. The van der Waals surface area contributed by atoms with Gasteiger partial charge in [-0.2, -0.15) is 0 Å². The van der Waals surface area contributed by atoms with Gasteiger partial charge in [0.15, 0.2) is 0 Å². The van der Waals surface area contributed by atoms with E-state index < -0.39 is 0 Å². The number of piperidine rings is 1. The Kier molecular flexibility index (Phi) is 4.87. The zero-order valence-electron chi connectivity index (χ0n) is 17.7. The van der Waals surface area contributed by atoms with Gasteiger partial charge in [0.2, 0.25) is 0 Å². The van der Waals surface area contributed by atoms with Crippen molar-refractivity contribution in [2.75, 3.05) is 20.2 Å². The molecule has 3 nitrogen and oxygen atoms in total. The van der Waals surface area contributed by atoms with Crippen LogP contribution < -0.4 is 4.74 Å². The first-order chi connectivity index (χ1) is 14.2. The quantitative estimate of drug-likeness (QED) is 0.551. The fourth-order valence-electron chi connectivity index (χ4n) is 5.90. The van der Waals surface area contributed by atoms with Crippen molar-refractivity contribution in [1.82, 2.24) is 9.88 Å². The number of methoxy groups -OCH3 is 1. The van der Waals surface area contributed by atoms with Crippen LogP contribution in [0.4, 0.5) is 0 Å². The monoisotopic (exact) mass is 388 g/mol. The lowest BCUT2D eigenvalue weighted by atomic mass is 9.61. The summed E-state index contributed by atoms with van der Waals surface area (Å²) in [5, 5.41) is 1.41. The molecule has 1 fully saturated rings. The van der Waals surface area contributed by atoms with Crippen LogP contribution in [0.5, 0.6) is 5.75 Å². The van der Waals surface area contributed by atoms with Crippen LogP contribution in [0.1, 0.15) is 55.8 Å². The van der Waals surface area contributed by atoms with E-state index in [1.54, 1.807) is 12.7 Å². The van der Waals surface area contributed by atoms with E-state index in [1.807, 2.05) is 0 Å². The summed E-state index contributed by atoms with van der Waals surface area (Å²) in [6, 6.07) is 18.3. The maximum absolute atomic E-state index is 5.61. The van der Waals surface area contributed by atoms with E-state index in [1.165, 1.54) is 67.4 Å². The molecule has 2 atom stereocenters. The van der Waals surface area contributed by atoms with Crippen LogP contribution >= 0.6 is 0 Å². The standard InChI is InChI=1S/C26H32N2O/c1-3-4-7-14-28-15-13-26(19-9-8-10-21(16-19)29-2)18-20(28)17-24-25(26)22-11-5-6-12-23(22)27-24/h5-6,8-12,16,20,27H,3-4,7,13-15,17-18H2,1-2H3/t20-,26-/m1/s1. The molecule has 0 spiro atoms. The first-order valence-corrected chi connectivity index (χ1v) is 11.2. The number of hydrogen-bond acceptors (Lipinski definition) is 2. The summed E-state index contributed by atoms with van der Waals surface area (Å²) in [5.74, 6) is 0.964. The van der Waals surface area contributed by atoms with Crippen LogP contribution in [0.15, 0.2) is 48.5 Å². The van der Waals surface area contributed by atoms with Crippen molar-refractivity contribution < 1.29 is 4.74 Å². The van der Waals surface area contributed by atoms with Crippen molar-refractivity contribution in [1.29, 1.82) is 0 Å². The fraction of sp³-hybridized carbons (Fsp3) is 0.462. The normalized spacial score (nSPS) is 23.9. The molecule has 0 radical (unpaired) electrons. The van der Waals surface area contributed by atoms with Crippen molar-refractivity contribution in [3.05, 3.63) is 65.4 Å². The first-order valence-electron chi connectivity index (χ1n) is 11.2. The number of aromatic amines is 1. The van der Waals surface area contributed by atoms with Crippen LogP contribution in [-0.4, -0.2) is 36.1 Å². The predicted octanol–water partition coefficient (Wildman–Crippen LogP) is 5.67. The summed E-state index contributed by atoms with van der Waals surface area (Å²) in [6.07, 6.45) is 7.47. The lowest BCUT2D eigenvalue weighted by Crippen LogP contribution is -2.53. The third-order valence-electron chi connectivity index (χ3n) is 7.30. The molecule has 3 aromatic rings. The average Bonchev–Trinajstić information content (AvgIpc) is 3.14. The SMILES string of the molecule is CCCCCN1CC[C@]2(c3cccc(OC)c3)C[C@H]1Cc1[nH]c3ccccc3c12. The molecule has 1 aliphatic carbocycles. The molecule has 0 saturated carbocycles. The molecule has 152 valence electrons. The average molecular weight is 389 g/mol. The van der Waals surface area contributed by atoms with Crippen molar-refractivity contribution in [3.8, 4) is 5.75 Å². The largest absolute Gasteiger partial charge is 0.497 e. The number of para-hydroxylation sites is 1. The topological polar surface area (TPSA) is 28.3 Å². The molecule has 3 heteroatoms. The van der Waals surface area contributed by atoms with Crippen molar-refractivity contribution in [2.24, 2.45) is 0 Å². The number of ether oxygens (including phenoxy) is 1. The number of hydrogen-bond donors (Lipinski definition) is 1. The molecule has 2 aliphatic rings. The Hall–Kier alpha value is -2.26. The lowest BCUT2D eigenvalue weighted by molar-refractivity contribution is 0.0940. The molecule has 1 aliphatic heterocycles. The molecule has 1 saturated heterocycles. The number of aromatic nitrogens is 1. The predicted molar refractivity (Wildman–Crippen MR) is 120 cm³/mol. The molecule has 29 heavy (non-hydrogen) atoms. The van der Waals surface area contributed by atoms with Gasteiger partial charge >= 0.3 is 0 Å². The Labute approximate surface area is 174 Å². The maximum Gasteiger partial charge on any atom is 0.119 e. The Morgan fingerprint density at radius 1 is 1.14 bits per heavy atom. The van der Waals surface area contributed by atoms with Gasteiger partial charge in [-0.15, -0.1) is 0 Å². The minimum absolute atomic E-state index is 0.0770. The van der Waals surface area contributed by atoms with Crippen molar-refractivity contribution in [2.45, 2.75) is 56.9 Å². The summed E-state index contributed by atoms with van der Waals surface area (Å²) in [7, 11) is 1.77. The van der Waals surface area contributed by atoms with Crippen LogP contribution in [0.3, 0.4) is 0 Å². The van der Waals surface area contributed by atoms with Gasteiger partial charge in [0.1, 0.15) is 5.75 Å². The molecule has 2 bridgehead atoms. The molecule has 2 heterocycles. The number of rotatable bonds is 6. The third kappa shape index (κ3) is 3.07. The highest BCUT2D eigenvalue weighted by Gasteiger charge is 2.48. The van der Waals surface area contributed by atoms with E-state index in [4.69, 9.17) is 4.74 Å². The van der Waals surface area contributed by atoms with Gasteiger partial charge in [0.05, 0.1) is 7.11 Å². The first kappa shape index (κ1) is 18.7. The summed E-state index contributed by atoms with van der Waals surface area (Å²) >= 11 is 0. The van der Waals surface area contributed by atoms with Gasteiger partial charge in [0, 0.05) is 34.5 Å². The van der Waals surface area contributed by atoms with Gasteiger partial charge in [-0.3, -0.25) is 4.90 Å². The van der Waals surface area contributed by atoms with E-state index in [-0.39, 0.29) is 5.41 Å².